The molecule has 1 aromatic carbocycles. The van der Waals surface area contributed by atoms with Crippen LogP contribution < -0.4 is 0 Å². The van der Waals surface area contributed by atoms with Crippen LogP contribution in [0.4, 0.5) is 0 Å². The van der Waals surface area contributed by atoms with Crippen LogP contribution >= 0.6 is 11.6 Å². The summed E-state index contributed by atoms with van der Waals surface area (Å²) in [5, 5.41) is 11.2. The Kier molecular flexibility index (Phi) is 5.69. The van der Waals surface area contributed by atoms with E-state index in [2.05, 4.69) is 4.98 Å². The molecule has 1 aliphatic heterocycles. The van der Waals surface area contributed by atoms with Crippen molar-refractivity contribution in [3.05, 3.63) is 47.6 Å². The number of aliphatic hydroxyl groups excluding tert-OH is 1. The van der Waals surface area contributed by atoms with Crippen LogP contribution in [0.5, 0.6) is 0 Å². The first-order chi connectivity index (χ1) is 13.2. The highest BCUT2D eigenvalue weighted by molar-refractivity contribution is 6.31. The Morgan fingerprint density at radius 3 is 2.89 bits per heavy atom. The summed E-state index contributed by atoms with van der Waals surface area (Å²) in [5.41, 5.74) is 2.44. The van der Waals surface area contributed by atoms with Crippen molar-refractivity contribution in [2.75, 3.05) is 19.8 Å². The molecule has 1 unspecified atom stereocenters. The van der Waals surface area contributed by atoms with Crippen molar-refractivity contribution in [1.29, 1.82) is 0 Å². The Labute approximate surface area is 162 Å². The molecule has 0 spiro atoms. The fourth-order valence-electron chi connectivity index (χ4n) is 3.32. The molecule has 0 saturated carbocycles. The number of aliphatic hydroxyl groups is 1. The lowest BCUT2D eigenvalue weighted by molar-refractivity contribution is -0.0614. The highest BCUT2D eigenvalue weighted by atomic mass is 35.5. The van der Waals surface area contributed by atoms with Gasteiger partial charge in [0.2, 0.25) is 0 Å². The quantitative estimate of drug-likeness (QED) is 0.702. The average Bonchev–Trinajstić information content (AvgIpc) is 3.05. The highest BCUT2D eigenvalue weighted by Crippen LogP contribution is 2.26. The number of halogens is 1. The molecular formula is C20H22ClN3O3. The van der Waals surface area contributed by atoms with Gasteiger partial charge in [-0.05, 0) is 43.2 Å². The number of imidazole rings is 1. The Bertz CT molecular complexity index is 894. The van der Waals surface area contributed by atoms with E-state index >= 15 is 0 Å². The number of rotatable bonds is 6. The third-order valence-corrected chi connectivity index (χ3v) is 4.93. The van der Waals surface area contributed by atoms with E-state index in [-0.39, 0.29) is 12.7 Å². The molecule has 1 saturated heterocycles. The molecular weight excluding hydrogens is 366 g/mol. The first-order valence-corrected chi connectivity index (χ1v) is 9.53. The Hall–Kier alpha value is -1.99. The summed E-state index contributed by atoms with van der Waals surface area (Å²) in [7, 11) is 0. The smallest absolute Gasteiger partial charge is 0.159 e. The molecule has 0 radical (unpaired) electrons. The molecule has 0 bridgehead atoms. The third-order valence-electron chi connectivity index (χ3n) is 4.69. The number of ether oxygens (including phenoxy) is 2. The van der Waals surface area contributed by atoms with Gasteiger partial charge in [-0.2, -0.15) is 0 Å². The zero-order chi connectivity index (χ0) is 18.6. The first kappa shape index (κ1) is 18.4. The number of fused-ring (bicyclic) bond motifs is 1. The maximum atomic E-state index is 10.6. The van der Waals surface area contributed by atoms with Gasteiger partial charge in [-0.1, -0.05) is 17.7 Å². The van der Waals surface area contributed by atoms with Crippen LogP contribution in [0.25, 0.3) is 22.6 Å². The molecule has 3 heterocycles. The maximum absolute atomic E-state index is 10.6. The van der Waals surface area contributed by atoms with Gasteiger partial charge in [0.05, 0.1) is 36.4 Å². The second kappa shape index (κ2) is 8.35. The lowest BCUT2D eigenvalue weighted by Gasteiger charge is -2.24. The van der Waals surface area contributed by atoms with E-state index in [9.17, 15) is 5.11 Å². The number of hydrogen-bond donors (Lipinski definition) is 1. The molecule has 0 aliphatic carbocycles. The summed E-state index contributed by atoms with van der Waals surface area (Å²) in [4.78, 5) is 9.11. The van der Waals surface area contributed by atoms with Crippen molar-refractivity contribution < 1.29 is 14.6 Å². The van der Waals surface area contributed by atoms with Crippen molar-refractivity contribution in [2.24, 2.45) is 0 Å². The molecule has 142 valence electrons. The standard InChI is InChI=1S/C20H22ClN3O3/c21-14-4-5-17-19(11-14)24(20(23-17)18-3-1-2-8-22-18)12-15(25)13-27-16-6-9-26-10-7-16/h1-5,8,11,15-16,25H,6-7,9-10,12-13H2. The van der Waals surface area contributed by atoms with E-state index in [1.807, 2.05) is 41.0 Å². The summed E-state index contributed by atoms with van der Waals surface area (Å²) in [6, 6.07) is 11.2. The van der Waals surface area contributed by atoms with E-state index in [1.54, 1.807) is 6.20 Å². The van der Waals surface area contributed by atoms with Gasteiger partial charge in [-0.15, -0.1) is 0 Å². The molecule has 2 aromatic heterocycles. The second-order valence-corrected chi connectivity index (χ2v) is 7.13. The Morgan fingerprint density at radius 2 is 2.11 bits per heavy atom. The lowest BCUT2D eigenvalue weighted by atomic mass is 10.1. The van der Waals surface area contributed by atoms with E-state index in [4.69, 9.17) is 26.1 Å². The number of pyridine rings is 1. The number of hydrogen-bond acceptors (Lipinski definition) is 5. The van der Waals surface area contributed by atoms with Crippen molar-refractivity contribution in [3.63, 3.8) is 0 Å². The molecule has 1 N–H and O–H groups in total. The summed E-state index contributed by atoms with van der Waals surface area (Å²) >= 11 is 6.19. The van der Waals surface area contributed by atoms with Crippen LogP contribution in [0.2, 0.25) is 5.02 Å². The Balaban J connectivity index is 1.58. The summed E-state index contributed by atoms with van der Waals surface area (Å²) in [6.45, 7) is 2.06. The highest BCUT2D eigenvalue weighted by Gasteiger charge is 2.19. The van der Waals surface area contributed by atoms with Crippen LogP contribution in [0.15, 0.2) is 42.6 Å². The van der Waals surface area contributed by atoms with Crippen LogP contribution in [-0.4, -0.2) is 51.7 Å². The minimum atomic E-state index is -0.660. The van der Waals surface area contributed by atoms with Gasteiger partial charge in [-0.25, -0.2) is 4.98 Å². The lowest BCUT2D eigenvalue weighted by Crippen LogP contribution is -2.29. The van der Waals surface area contributed by atoms with E-state index in [0.717, 1.165) is 42.8 Å². The topological polar surface area (TPSA) is 69.4 Å². The molecule has 1 atom stereocenters. The van der Waals surface area contributed by atoms with Gasteiger partial charge in [0.25, 0.3) is 0 Å². The third kappa shape index (κ3) is 4.30. The van der Waals surface area contributed by atoms with Gasteiger partial charge >= 0.3 is 0 Å². The average molecular weight is 388 g/mol. The molecule has 0 amide bonds. The predicted molar refractivity (Wildman–Crippen MR) is 104 cm³/mol. The SMILES string of the molecule is OC(COC1CCOCC1)Cn1c(-c2ccccn2)nc2ccc(Cl)cc21. The fraction of sp³-hybridized carbons (Fsp3) is 0.400. The monoisotopic (exact) mass is 387 g/mol. The van der Waals surface area contributed by atoms with Crippen molar-refractivity contribution >= 4 is 22.6 Å². The summed E-state index contributed by atoms with van der Waals surface area (Å²) in [6.07, 6.45) is 2.96. The van der Waals surface area contributed by atoms with E-state index in [0.29, 0.717) is 17.4 Å². The normalized spacial score (nSPS) is 16.7. The minimum absolute atomic E-state index is 0.151. The molecule has 4 rings (SSSR count). The van der Waals surface area contributed by atoms with Crippen molar-refractivity contribution in [3.8, 4) is 11.5 Å². The van der Waals surface area contributed by atoms with Gasteiger partial charge in [0, 0.05) is 24.4 Å². The number of benzene rings is 1. The van der Waals surface area contributed by atoms with Crippen molar-refractivity contribution in [1.82, 2.24) is 14.5 Å². The van der Waals surface area contributed by atoms with Crippen LogP contribution in [-0.2, 0) is 16.0 Å². The Morgan fingerprint density at radius 1 is 1.26 bits per heavy atom. The molecule has 1 fully saturated rings. The fourth-order valence-corrected chi connectivity index (χ4v) is 3.49. The van der Waals surface area contributed by atoms with Gasteiger partial charge < -0.3 is 19.1 Å². The molecule has 27 heavy (non-hydrogen) atoms. The largest absolute Gasteiger partial charge is 0.389 e. The first-order valence-electron chi connectivity index (χ1n) is 9.15. The van der Waals surface area contributed by atoms with Crippen molar-refractivity contribution in [2.45, 2.75) is 31.6 Å². The van der Waals surface area contributed by atoms with Gasteiger partial charge in [0.15, 0.2) is 5.82 Å². The number of nitrogens with zero attached hydrogens (tertiary/aromatic N) is 3. The van der Waals surface area contributed by atoms with Crippen LogP contribution in [0.3, 0.4) is 0 Å². The zero-order valence-corrected chi connectivity index (χ0v) is 15.7. The summed E-state index contributed by atoms with van der Waals surface area (Å²) in [5.74, 6) is 0.706. The predicted octanol–water partition coefficient (Wildman–Crippen LogP) is 3.31. The van der Waals surface area contributed by atoms with E-state index < -0.39 is 6.10 Å². The molecule has 7 heteroatoms. The zero-order valence-electron chi connectivity index (χ0n) is 14.9. The van der Waals surface area contributed by atoms with Crippen LogP contribution in [0.1, 0.15) is 12.8 Å². The van der Waals surface area contributed by atoms with Gasteiger partial charge in [0.1, 0.15) is 5.69 Å². The van der Waals surface area contributed by atoms with Gasteiger partial charge in [-0.3, -0.25) is 4.98 Å². The molecule has 1 aliphatic rings. The maximum Gasteiger partial charge on any atom is 0.159 e. The number of aromatic nitrogens is 3. The van der Waals surface area contributed by atoms with E-state index in [1.165, 1.54) is 0 Å². The molecule has 6 nitrogen and oxygen atoms in total. The summed E-state index contributed by atoms with van der Waals surface area (Å²) < 4.78 is 13.2. The van der Waals surface area contributed by atoms with Crippen LogP contribution in [0, 0.1) is 0 Å². The second-order valence-electron chi connectivity index (χ2n) is 6.69. The molecule has 3 aromatic rings. The minimum Gasteiger partial charge on any atom is -0.389 e.